The van der Waals surface area contributed by atoms with Crippen molar-refractivity contribution >= 4 is 5.91 Å². The van der Waals surface area contributed by atoms with Crippen LogP contribution in [0.15, 0.2) is 0 Å². The molecule has 2 heterocycles. The lowest BCUT2D eigenvalue weighted by Crippen LogP contribution is -2.48. The molecule has 4 nitrogen and oxygen atoms in total. The van der Waals surface area contributed by atoms with E-state index in [2.05, 4.69) is 17.1 Å². The molecule has 0 radical (unpaired) electrons. The predicted molar refractivity (Wildman–Crippen MR) is 54.9 cm³/mol. The fourth-order valence-corrected chi connectivity index (χ4v) is 2.38. The minimum atomic E-state index is 0.271. The van der Waals surface area contributed by atoms with E-state index in [4.69, 9.17) is 0 Å². The molecule has 0 aliphatic carbocycles. The summed E-state index contributed by atoms with van der Waals surface area (Å²) >= 11 is 0. The van der Waals surface area contributed by atoms with Gasteiger partial charge in [-0.1, -0.05) is 6.92 Å². The van der Waals surface area contributed by atoms with Gasteiger partial charge in [0, 0.05) is 12.6 Å². The Morgan fingerprint density at radius 2 is 2.43 bits per heavy atom. The molecule has 1 amide bonds. The monoisotopic (exact) mass is 197 g/mol. The molecule has 4 heteroatoms. The van der Waals surface area contributed by atoms with Crippen LogP contribution in [-0.2, 0) is 4.79 Å². The third kappa shape index (κ3) is 1.91. The number of piperidine rings is 1. The van der Waals surface area contributed by atoms with Gasteiger partial charge in [-0.05, 0) is 25.9 Å². The van der Waals surface area contributed by atoms with Crippen LogP contribution in [0.2, 0.25) is 0 Å². The van der Waals surface area contributed by atoms with E-state index in [1.165, 1.54) is 19.4 Å². The van der Waals surface area contributed by atoms with Crippen molar-refractivity contribution in [1.82, 2.24) is 15.1 Å². The Morgan fingerprint density at radius 1 is 1.57 bits per heavy atom. The van der Waals surface area contributed by atoms with E-state index in [0.717, 1.165) is 19.8 Å². The van der Waals surface area contributed by atoms with E-state index in [1.54, 1.807) is 0 Å². The molecule has 1 N–H and O–H groups in total. The summed E-state index contributed by atoms with van der Waals surface area (Å²) in [7, 11) is 0. The largest absolute Gasteiger partial charge is 0.325 e. The molecule has 0 bridgehead atoms. The van der Waals surface area contributed by atoms with Crippen molar-refractivity contribution in [3.05, 3.63) is 0 Å². The molecule has 2 fully saturated rings. The van der Waals surface area contributed by atoms with Gasteiger partial charge in [0.2, 0.25) is 5.91 Å². The van der Waals surface area contributed by atoms with Crippen molar-refractivity contribution < 1.29 is 4.79 Å². The van der Waals surface area contributed by atoms with Crippen molar-refractivity contribution in [2.75, 3.05) is 32.8 Å². The van der Waals surface area contributed by atoms with Crippen LogP contribution in [0.4, 0.5) is 0 Å². The van der Waals surface area contributed by atoms with Crippen LogP contribution in [0.25, 0.3) is 0 Å². The maximum Gasteiger partial charge on any atom is 0.237 e. The molecule has 14 heavy (non-hydrogen) atoms. The standard InChI is InChI=1S/C10H19N3O/c1-2-12-5-3-4-9(7-12)13-8-11-6-10(13)14/h9,11H,2-8H2,1H3. The Balaban J connectivity index is 1.93. The maximum absolute atomic E-state index is 11.5. The number of amides is 1. The molecule has 2 aliphatic heterocycles. The number of carbonyl (C=O) groups is 1. The zero-order valence-corrected chi connectivity index (χ0v) is 8.83. The Kier molecular flexibility index (Phi) is 3.03. The highest BCUT2D eigenvalue weighted by molar-refractivity contribution is 5.80. The van der Waals surface area contributed by atoms with E-state index < -0.39 is 0 Å². The first-order chi connectivity index (χ1) is 6.81. The SMILES string of the molecule is CCN1CCCC(N2CNCC2=O)C1. The van der Waals surface area contributed by atoms with Crippen molar-refractivity contribution in [2.24, 2.45) is 0 Å². The summed E-state index contributed by atoms with van der Waals surface area (Å²) in [5.74, 6) is 0.271. The van der Waals surface area contributed by atoms with Gasteiger partial charge < -0.3 is 9.80 Å². The topological polar surface area (TPSA) is 35.6 Å². The molecule has 0 spiro atoms. The van der Waals surface area contributed by atoms with E-state index in [9.17, 15) is 4.79 Å². The van der Waals surface area contributed by atoms with Gasteiger partial charge in [0.15, 0.2) is 0 Å². The summed E-state index contributed by atoms with van der Waals surface area (Å²) in [4.78, 5) is 15.9. The summed E-state index contributed by atoms with van der Waals surface area (Å²) in [5.41, 5.74) is 0. The van der Waals surface area contributed by atoms with Crippen LogP contribution in [0.1, 0.15) is 19.8 Å². The van der Waals surface area contributed by atoms with Crippen LogP contribution >= 0.6 is 0 Å². The van der Waals surface area contributed by atoms with Crippen LogP contribution < -0.4 is 5.32 Å². The minimum absolute atomic E-state index is 0.271. The van der Waals surface area contributed by atoms with Crippen molar-refractivity contribution in [3.63, 3.8) is 0 Å². The molecule has 0 aromatic carbocycles. The normalized spacial score (nSPS) is 29.9. The minimum Gasteiger partial charge on any atom is -0.325 e. The number of hydrogen-bond donors (Lipinski definition) is 1. The van der Waals surface area contributed by atoms with Crippen molar-refractivity contribution in [3.8, 4) is 0 Å². The molecule has 1 unspecified atom stereocenters. The average Bonchev–Trinajstić information content (AvgIpc) is 2.65. The van der Waals surface area contributed by atoms with Crippen molar-refractivity contribution in [2.45, 2.75) is 25.8 Å². The van der Waals surface area contributed by atoms with Crippen LogP contribution in [-0.4, -0.2) is 54.6 Å². The molecule has 2 rings (SSSR count). The van der Waals surface area contributed by atoms with Crippen LogP contribution in [0, 0.1) is 0 Å². The number of hydrogen-bond acceptors (Lipinski definition) is 3. The molecule has 2 aliphatic rings. The lowest BCUT2D eigenvalue weighted by atomic mass is 10.0. The fraction of sp³-hybridized carbons (Fsp3) is 0.900. The Hall–Kier alpha value is -0.610. The molecular weight excluding hydrogens is 178 g/mol. The van der Waals surface area contributed by atoms with Gasteiger partial charge in [-0.25, -0.2) is 0 Å². The first-order valence-corrected chi connectivity index (χ1v) is 5.54. The number of nitrogens with one attached hydrogen (secondary N) is 1. The molecular formula is C10H19N3O. The predicted octanol–water partition coefficient (Wildman–Crippen LogP) is -0.140. The summed E-state index contributed by atoms with van der Waals surface area (Å²) < 4.78 is 0. The average molecular weight is 197 g/mol. The van der Waals surface area contributed by atoms with E-state index >= 15 is 0 Å². The molecule has 0 saturated carbocycles. The highest BCUT2D eigenvalue weighted by Gasteiger charge is 2.30. The van der Waals surface area contributed by atoms with Gasteiger partial charge in [-0.3, -0.25) is 10.1 Å². The number of likely N-dealkylation sites (tertiary alicyclic amines) is 1. The van der Waals surface area contributed by atoms with Gasteiger partial charge in [0.1, 0.15) is 0 Å². The Bertz CT molecular complexity index is 219. The fourth-order valence-electron chi connectivity index (χ4n) is 2.38. The van der Waals surface area contributed by atoms with Crippen molar-refractivity contribution in [1.29, 1.82) is 0 Å². The smallest absolute Gasteiger partial charge is 0.237 e. The van der Waals surface area contributed by atoms with Crippen LogP contribution in [0.3, 0.4) is 0 Å². The molecule has 0 aromatic heterocycles. The van der Waals surface area contributed by atoms with Gasteiger partial charge in [0.25, 0.3) is 0 Å². The maximum atomic E-state index is 11.5. The van der Waals surface area contributed by atoms with E-state index in [-0.39, 0.29) is 5.91 Å². The van der Waals surface area contributed by atoms with Gasteiger partial charge in [-0.2, -0.15) is 0 Å². The zero-order chi connectivity index (χ0) is 9.97. The zero-order valence-electron chi connectivity index (χ0n) is 8.83. The van der Waals surface area contributed by atoms with E-state index in [0.29, 0.717) is 12.6 Å². The number of nitrogens with zero attached hydrogens (tertiary/aromatic N) is 2. The highest BCUT2D eigenvalue weighted by atomic mass is 16.2. The second kappa shape index (κ2) is 4.28. The highest BCUT2D eigenvalue weighted by Crippen LogP contribution is 2.16. The number of carbonyl (C=O) groups excluding carboxylic acids is 1. The lowest BCUT2D eigenvalue weighted by Gasteiger charge is -2.36. The first-order valence-electron chi connectivity index (χ1n) is 5.54. The number of rotatable bonds is 2. The molecule has 2 saturated heterocycles. The Labute approximate surface area is 85.2 Å². The summed E-state index contributed by atoms with van der Waals surface area (Å²) in [6.45, 7) is 6.83. The lowest BCUT2D eigenvalue weighted by molar-refractivity contribution is -0.129. The summed E-state index contributed by atoms with van der Waals surface area (Å²) in [6.07, 6.45) is 2.40. The molecule has 1 atom stereocenters. The quantitative estimate of drug-likeness (QED) is 0.669. The van der Waals surface area contributed by atoms with Gasteiger partial charge >= 0.3 is 0 Å². The molecule has 0 aromatic rings. The second-order valence-corrected chi connectivity index (χ2v) is 4.14. The van der Waals surface area contributed by atoms with Gasteiger partial charge in [-0.15, -0.1) is 0 Å². The summed E-state index contributed by atoms with van der Waals surface area (Å²) in [5, 5.41) is 3.11. The molecule has 80 valence electrons. The third-order valence-electron chi connectivity index (χ3n) is 3.25. The number of likely N-dealkylation sites (N-methyl/N-ethyl adjacent to an activating group) is 1. The van der Waals surface area contributed by atoms with Gasteiger partial charge in [0.05, 0.1) is 13.2 Å². The van der Waals surface area contributed by atoms with Crippen LogP contribution in [0.5, 0.6) is 0 Å². The van der Waals surface area contributed by atoms with E-state index in [1.807, 2.05) is 4.90 Å². The summed E-state index contributed by atoms with van der Waals surface area (Å²) in [6, 6.07) is 0.450. The Morgan fingerprint density at radius 3 is 3.07 bits per heavy atom. The second-order valence-electron chi connectivity index (χ2n) is 4.14. The first kappa shape index (κ1) is 9.93. The third-order valence-corrected chi connectivity index (χ3v) is 3.25.